The fourth-order valence-corrected chi connectivity index (χ4v) is 2.82. The van der Waals surface area contributed by atoms with E-state index in [0.29, 0.717) is 6.54 Å². The molecule has 2 heterocycles. The Morgan fingerprint density at radius 3 is 3.09 bits per heavy atom. The highest BCUT2D eigenvalue weighted by atomic mass is 16.5. The number of hydrogen-bond donors (Lipinski definition) is 1. The van der Waals surface area contributed by atoms with Gasteiger partial charge in [0.2, 0.25) is 0 Å². The minimum absolute atomic E-state index is 0.0701. The maximum absolute atomic E-state index is 13.0. The fourth-order valence-electron chi connectivity index (χ4n) is 2.82. The molecule has 1 unspecified atom stereocenters. The smallest absolute Gasteiger partial charge is 0.254 e. The fraction of sp³-hybridized carbons (Fsp3) is 0.412. The first-order valence-electron chi connectivity index (χ1n) is 7.78. The zero-order valence-corrected chi connectivity index (χ0v) is 12.8. The lowest BCUT2D eigenvalue weighted by Gasteiger charge is -2.24. The third kappa shape index (κ3) is 3.04. The molecular weight excluding hydrogens is 278 g/mol. The Morgan fingerprint density at radius 2 is 2.32 bits per heavy atom. The van der Waals surface area contributed by atoms with Crippen molar-refractivity contribution in [3.63, 3.8) is 0 Å². The maximum atomic E-state index is 13.0. The first kappa shape index (κ1) is 14.8. The summed E-state index contributed by atoms with van der Waals surface area (Å²) in [6, 6.07) is 7.70. The van der Waals surface area contributed by atoms with Crippen LogP contribution < -0.4 is 0 Å². The van der Waals surface area contributed by atoms with Crippen molar-refractivity contribution in [1.82, 2.24) is 15.1 Å². The van der Waals surface area contributed by atoms with Crippen LogP contribution in [0.2, 0.25) is 0 Å². The van der Waals surface area contributed by atoms with Gasteiger partial charge in [-0.3, -0.25) is 9.89 Å². The Balaban J connectivity index is 1.89. The van der Waals surface area contributed by atoms with Crippen molar-refractivity contribution >= 4 is 5.91 Å². The summed E-state index contributed by atoms with van der Waals surface area (Å²) < 4.78 is 5.76. The molecule has 0 bridgehead atoms. The Kier molecular flexibility index (Phi) is 4.53. The van der Waals surface area contributed by atoms with E-state index in [1.165, 1.54) is 0 Å². The average molecular weight is 299 g/mol. The number of ether oxygens (including phenoxy) is 1. The van der Waals surface area contributed by atoms with Gasteiger partial charge in [-0.05, 0) is 24.5 Å². The number of benzene rings is 1. The number of H-pyrrole nitrogens is 1. The minimum atomic E-state index is 0.0701. The third-order valence-corrected chi connectivity index (χ3v) is 4.06. The van der Waals surface area contributed by atoms with Crippen molar-refractivity contribution in [2.45, 2.75) is 25.9 Å². The van der Waals surface area contributed by atoms with Crippen LogP contribution in [0.1, 0.15) is 30.1 Å². The van der Waals surface area contributed by atoms with Crippen molar-refractivity contribution in [1.29, 1.82) is 0 Å². The Morgan fingerprint density at radius 1 is 1.45 bits per heavy atom. The van der Waals surface area contributed by atoms with Crippen molar-refractivity contribution in [3.8, 4) is 11.1 Å². The molecule has 1 fully saturated rings. The van der Waals surface area contributed by atoms with Crippen LogP contribution in [-0.4, -0.2) is 46.8 Å². The number of aromatic nitrogens is 2. The van der Waals surface area contributed by atoms with Gasteiger partial charge in [0.05, 0.1) is 12.3 Å². The van der Waals surface area contributed by atoms with E-state index < -0.39 is 0 Å². The van der Waals surface area contributed by atoms with Gasteiger partial charge < -0.3 is 9.64 Å². The van der Waals surface area contributed by atoms with Crippen LogP contribution in [0.3, 0.4) is 0 Å². The van der Waals surface area contributed by atoms with E-state index in [4.69, 9.17) is 4.74 Å². The summed E-state index contributed by atoms with van der Waals surface area (Å²) in [7, 11) is 0. The monoisotopic (exact) mass is 299 g/mol. The highest BCUT2D eigenvalue weighted by Crippen LogP contribution is 2.24. The number of carbonyl (C=O) groups is 1. The Bertz CT molecular complexity index is 625. The predicted molar refractivity (Wildman–Crippen MR) is 84.6 cm³/mol. The lowest BCUT2D eigenvalue weighted by Crippen LogP contribution is -2.36. The third-order valence-electron chi connectivity index (χ3n) is 4.06. The van der Waals surface area contributed by atoms with Crippen molar-refractivity contribution in [2.75, 3.05) is 19.7 Å². The molecule has 3 rings (SSSR count). The van der Waals surface area contributed by atoms with E-state index in [-0.39, 0.29) is 12.0 Å². The summed E-state index contributed by atoms with van der Waals surface area (Å²) in [4.78, 5) is 14.9. The SMILES string of the molecule is CCC1CN(C(=O)c2ccccc2-c2cn[nH]c2)CCCO1. The Hall–Kier alpha value is -2.14. The lowest BCUT2D eigenvalue weighted by molar-refractivity contribution is 0.0460. The average Bonchev–Trinajstić information content (AvgIpc) is 2.99. The molecule has 5 heteroatoms. The zero-order valence-electron chi connectivity index (χ0n) is 12.8. The van der Waals surface area contributed by atoms with E-state index in [9.17, 15) is 4.79 Å². The zero-order chi connectivity index (χ0) is 15.4. The molecule has 0 radical (unpaired) electrons. The minimum Gasteiger partial charge on any atom is -0.376 e. The van der Waals surface area contributed by atoms with Gasteiger partial charge in [0, 0.05) is 37.0 Å². The summed E-state index contributed by atoms with van der Waals surface area (Å²) in [5.41, 5.74) is 2.57. The van der Waals surface area contributed by atoms with Gasteiger partial charge in [0.1, 0.15) is 0 Å². The largest absolute Gasteiger partial charge is 0.376 e. The highest BCUT2D eigenvalue weighted by Gasteiger charge is 2.24. The molecular formula is C17H21N3O2. The normalized spacial score (nSPS) is 19.0. The molecule has 0 saturated carbocycles. The second-order valence-electron chi connectivity index (χ2n) is 5.54. The van der Waals surface area contributed by atoms with Gasteiger partial charge in [-0.2, -0.15) is 5.10 Å². The molecule has 0 aliphatic carbocycles. The van der Waals surface area contributed by atoms with Crippen molar-refractivity contribution < 1.29 is 9.53 Å². The van der Waals surface area contributed by atoms with E-state index in [1.807, 2.05) is 35.4 Å². The quantitative estimate of drug-likeness (QED) is 0.948. The van der Waals surface area contributed by atoms with Gasteiger partial charge >= 0.3 is 0 Å². The molecule has 116 valence electrons. The van der Waals surface area contributed by atoms with Crippen LogP contribution in [0.4, 0.5) is 0 Å². The summed E-state index contributed by atoms with van der Waals surface area (Å²) in [5, 5.41) is 6.79. The van der Waals surface area contributed by atoms with Gasteiger partial charge in [-0.15, -0.1) is 0 Å². The summed E-state index contributed by atoms with van der Waals surface area (Å²) in [6.07, 6.45) is 5.50. The maximum Gasteiger partial charge on any atom is 0.254 e. The molecule has 1 aromatic heterocycles. The van der Waals surface area contributed by atoms with Crippen molar-refractivity contribution in [2.24, 2.45) is 0 Å². The molecule has 1 aromatic carbocycles. The second kappa shape index (κ2) is 6.75. The van der Waals surface area contributed by atoms with E-state index in [2.05, 4.69) is 17.1 Å². The van der Waals surface area contributed by atoms with Crippen LogP contribution in [0.15, 0.2) is 36.7 Å². The first-order chi connectivity index (χ1) is 10.8. The standard InChI is InChI=1S/C17H21N3O2/c1-2-14-12-20(8-5-9-22-14)17(21)16-7-4-3-6-15(16)13-10-18-19-11-13/h3-4,6-7,10-11,14H,2,5,8-9,12H2,1H3,(H,18,19). The van der Waals surface area contributed by atoms with Crippen LogP contribution in [0.25, 0.3) is 11.1 Å². The lowest BCUT2D eigenvalue weighted by atomic mass is 10.0. The van der Waals surface area contributed by atoms with E-state index in [0.717, 1.165) is 42.7 Å². The molecule has 5 nitrogen and oxygen atoms in total. The van der Waals surface area contributed by atoms with Crippen LogP contribution in [-0.2, 0) is 4.74 Å². The number of nitrogens with zero attached hydrogens (tertiary/aromatic N) is 2. The second-order valence-corrected chi connectivity index (χ2v) is 5.54. The topological polar surface area (TPSA) is 58.2 Å². The molecule has 22 heavy (non-hydrogen) atoms. The number of amides is 1. The number of aromatic amines is 1. The molecule has 1 aliphatic rings. The number of nitrogens with one attached hydrogen (secondary N) is 1. The predicted octanol–water partition coefficient (Wildman–Crippen LogP) is 2.72. The van der Waals surface area contributed by atoms with E-state index in [1.54, 1.807) is 6.20 Å². The van der Waals surface area contributed by atoms with Crippen molar-refractivity contribution in [3.05, 3.63) is 42.2 Å². The van der Waals surface area contributed by atoms with Gasteiger partial charge in [-0.1, -0.05) is 25.1 Å². The summed E-state index contributed by atoms with van der Waals surface area (Å²) in [6.45, 7) is 4.23. The molecule has 1 atom stereocenters. The number of rotatable bonds is 3. The molecule has 2 aromatic rings. The van der Waals surface area contributed by atoms with Gasteiger partial charge in [-0.25, -0.2) is 0 Å². The number of hydrogen-bond acceptors (Lipinski definition) is 3. The molecule has 1 aliphatic heterocycles. The number of carbonyl (C=O) groups excluding carboxylic acids is 1. The Labute approximate surface area is 130 Å². The van der Waals surface area contributed by atoms with Crippen LogP contribution in [0, 0.1) is 0 Å². The van der Waals surface area contributed by atoms with Gasteiger partial charge in [0.25, 0.3) is 5.91 Å². The molecule has 1 N–H and O–H groups in total. The molecule has 0 spiro atoms. The summed E-state index contributed by atoms with van der Waals surface area (Å²) >= 11 is 0. The van der Waals surface area contributed by atoms with Crippen LogP contribution in [0.5, 0.6) is 0 Å². The van der Waals surface area contributed by atoms with E-state index >= 15 is 0 Å². The first-order valence-corrected chi connectivity index (χ1v) is 7.78. The summed E-state index contributed by atoms with van der Waals surface area (Å²) in [5.74, 6) is 0.0701. The molecule has 1 saturated heterocycles. The van der Waals surface area contributed by atoms with Gasteiger partial charge in [0.15, 0.2) is 0 Å². The highest BCUT2D eigenvalue weighted by molar-refractivity contribution is 6.00. The molecule has 1 amide bonds. The van der Waals surface area contributed by atoms with Crippen LogP contribution >= 0.6 is 0 Å².